The van der Waals surface area contributed by atoms with E-state index in [-0.39, 0.29) is 0 Å². The molecule has 0 aliphatic heterocycles. The second kappa shape index (κ2) is 7.78. The van der Waals surface area contributed by atoms with Crippen molar-refractivity contribution in [2.24, 2.45) is 10.7 Å². The highest BCUT2D eigenvalue weighted by molar-refractivity contribution is 5.78. The van der Waals surface area contributed by atoms with Gasteiger partial charge in [-0.25, -0.2) is 0 Å². The van der Waals surface area contributed by atoms with Crippen molar-refractivity contribution in [1.82, 2.24) is 5.32 Å². The van der Waals surface area contributed by atoms with E-state index in [1.165, 1.54) is 18.4 Å². The van der Waals surface area contributed by atoms with E-state index in [9.17, 15) is 0 Å². The number of ether oxygens (including phenoxy) is 1. The number of hydrogen-bond acceptors (Lipinski definition) is 2. The molecule has 4 nitrogen and oxygen atoms in total. The lowest BCUT2D eigenvalue weighted by molar-refractivity contribution is 0.309. The van der Waals surface area contributed by atoms with E-state index in [1.807, 2.05) is 12.1 Å². The SMILES string of the molecule is CCCCOc1ccc(CCN=C(N)NC2CC2)cc1. The fourth-order valence-electron chi connectivity index (χ4n) is 1.87. The molecule has 1 aromatic carbocycles. The number of hydrogen-bond donors (Lipinski definition) is 2. The van der Waals surface area contributed by atoms with Gasteiger partial charge in [-0.2, -0.15) is 0 Å². The van der Waals surface area contributed by atoms with E-state index < -0.39 is 0 Å². The predicted molar refractivity (Wildman–Crippen MR) is 83.2 cm³/mol. The van der Waals surface area contributed by atoms with Gasteiger partial charge in [-0.05, 0) is 43.4 Å². The minimum atomic E-state index is 0.568. The van der Waals surface area contributed by atoms with Crippen LogP contribution in [0.4, 0.5) is 0 Å². The van der Waals surface area contributed by atoms with Crippen LogP contribution in [0.1, 0.15) is 38.2 Å². The van der Waals surface area contributed by atoms with Gasteiger partial charge in [0.1, 0.15) is 5.75 Å². The molecule has 20 heavy (non-hydrogen) atoms. The molecule has 0 saturated heterocycles. The standard InChI is InChI=1S/C16H25N3O/c1-2-3-12-20-15-8-4-13(5-9-15)10-11-18-16(17)19-14-6-7-14/h4-5,8-9,14H,2-3,6-7,10-12H2,1H3,(H3,17,18,19). The number of nitrogens with two attached hydrogens (primary N) is 1. The highest BCUT2D eigenvalue weighted by Crippen LogP contribution is 2.18. The third kappa shape index (κ3) is 5.51. The lowest BCUT2D eigenvalue weighted by Gasteiger charge is -2.06. The van der Waals surface area contributed by atoms with Crippen molar-refractivity contribution >= 4 is 5.96 Å². The van der Waals surface area contributed by atoms with Crippen molar-refractivity contribution in [3.05, 3.63) is 29.8 Å². The summed E-state index contributed by atoms with van der Waals surface area (Å²) in [5.74, 6) is 1.52. The van der Waals surface area contributed by atoms with Crippen LogP contribution in [-0.4, -0.2) is 25.2 Å². The van der Waals surface area contributed by atoms with E-state index in [4.69, 9.17) is 10.5 Å². The van der Waals surface area contributed by atoms with Crippen molar-refractivity contribution in [2.45, 2.75) is 45.1 Å². The van der Waals surface area contributed by atoms with Crippen LogP contribution in [0.2, 0.25) is 0 Å². The van der Waals surface area contributed by atoms with Crippen LogP contribution in [0.3, 0.4) is 0 Å². The van der Waals surface area contributed by atoms with Gasteiger partial charge in [0.15, 0.2) is 5.96 Å². The van der Waals surface area contributed by atoms with Gasteiger partial charge < -0.3 is 15.8 Å². The zero-order valence-corrected chi connectivity index (χ0v) is 12.3. The average Bonchev–Trinajstić information content (AvgIpc) is 3.25. The van der Waals surface area contributed by atoms with E-state index in [2.05, 4.69) is 29.4 Å². The summed E-state index contributed by atoms with van der Waals surface area (Å²) in [7, 11) is 0. The van der Waals surface area contributed by atoms with Crippen LogP contribution in [0.25, 0.3) is 0 Å². The summed E-state index contributed by atoms with van der Waals surface area (Å²) < 4.78 is 5.64. The summed E-state index contributed by atoms with van der Waals surface area (Å²) in [5, 5.41) is 3.19. The van der Waals surface area contributed by atoms with Crippen LogP contribution in [-0.2, 0) is 6.42 Å². The van der Waals surface area contributed by atoms with E-state index in [1.54, 1.807) is 0 Å². The summed E-state index contributed by atoms with van der Waals surface area (Å²) in [6, 6.07) is 8.82. The number of benzene rings is 1. The lowest BCUT2D eigenvalue weighted by Crippen LogP contribution is -2.33. The molecule has 0 amide bonds. The van der Waals surface area contributed by atoms with Crippen molar-refractivity contribution in [2.75, 3.05) is 13.2 Å². The molecule has 1 saturated carbocycles. The molecule has 4 heteroatoms. The Morgan fingerprint density at radius 3 is 2.75 bits per heavy atom. The summed E-state index contributed by atoms with van der Waals surface area (Å²) in [4.78, 5) is 4.33. The van der Waals surface area contributed by atoms with Gasteiger partial charge in [0.2, 0.25) is 0 Å². The Balaban J connectivity index is 1.69. The normalized spacial score (nSPS) is 15.2. The molecule has 0 unspecified atom stereocenters. The fourth-order valence-corrected chi connectivity index (χ4v) is 1.87. The molecule has 2 rings (SSSR count). The van der Waals surface area contributed by atoms with E-state index >= 15 is 0 Å². The minimum absolute atomic E-state index is 0.568. The van der Waals surface area contributed by atoms with Gasteiger partial charge in [-0.1, -0.05) is 25.5 Å². The maximum absolute atomic E-state index is 5.79. The zero-order chi connectivity index (χ0) is 14.2. The smallest absolute Gasteiger partial charge is 0.188 e. The highest BCUT2D eigenvalue weighted by atomic mass is 16.5. The third-order valence-corrected chi connectivity index (χ3v) is 3.30. The Morgan fingerprint density at radius 2 is 2.10 bits per heavy atom. The molecule has 1 aliphatic rings. The van der Waals surface area contributed by atoms with Crippen molar-refractivity contribution in [1.29, 1.82) is 0 Å². The Hall–Kier alpha value is -1.71. The van der Waals surface area contributed by atoms with Gasteiger partial charge >= 0.3 is 0 Å². The van der Waals surface area contributed by atoms with Gasteiger partial charge in [0.25, 0.3) is 0 Å². The highest BCUT2D eigenvalue weighted by Gasteiger charge is 2.21. The first-order valence-electron chi connectivity index (χ1n) is 7.56. The largest absolute Gasteiger partial charge is 0.494 e. The number of rotatable bonds is 8. The third-order valence-electron chi connectivity index (χ3n) is 3.30. The minimum Gasteiger partial charge on any atom is -0.494 e. The molecule has 1 aromatic rings. The molecule has 0 heterocycles. The van der Waals surface area contributed by atoms with Crippen LogP contribution in [0.5, 0.6) is 5.75 Å². The Morgan fingerprint density at radius 1 is 1.35 bits per heavy atom. The Bertz CT molecular complexity index is 424. The molecule has 0 spiro atoms. The van der Waals surface area contributed by atoms with Crippen LogP contribution in [0.15, 0.2) is 29.3 Å². The molecule has 0 radical (unpaired) electrons. The van der Waals surface area contributed by atoms with Gasteiger partial charge in [0, 0.05) is 12.6 Å². The molecular formula is C16H25N3O. The molecule has 1 aliphatic carbocycles. The Labute approximate surface area is 121 Å². The van der Waals surface area contributed by atoms with Crippen LogP contribution >= 0.6 is 0 Å². The maximum atomic E-state index is 5.79. The monoisotopic (exact) mass is 275 g/mol. The van der Waals surface area contributed by atoms with Crippen molar-refractivity contribution in [3.63, 3.8) is 0 Å². The number of unbranched alkanes of at least 4 members (excludes halogenated alkanes) is 1. The number of aliphatic imine (C=N–C) groups is 1. The van der Waals surface area contributed by atoms with Crippen LogP contribution in [0, 0.1) is 0 Å². The molecule has 3 N–H and O–H groups in total. The van der Waals surface area contributed by atoms with Crippen molar-refractivity contribution < 1.29 is 4.74 Å². The van der Waals surface area contributed by atoms with Crippen molar-refractivity contribution in [3.8, 4) is 5.75 Å². The second-order valence-electron chi connectivity index (χ2n) is 5.28. The van der Waals surface area contributed by atoms with Gasteiger partial charge in [-0.15, -0.1) is 0 Å². The zero-order valence-electron chi connectivity index (χ0n) is 12.3. The first kappa shape index (κ1) is 14.7. The average molecular weight is 275 g/mol. The molecular weight excluding hydrogens is 250 g/mol. The fraction of sp³-hybridized carbons (Fsp3) is 0.562. The molecule has 0 aromatic heterocycles. The number of nitrogens with one attached hydrogen (secondary N) is 1. The van der Waals surface area contributed by atoms with Gasteiger partial charge in [0.05, 0.1) is 6.61 Å². The summed E-state index contributed by atoms with van der Waals surface area (Å²) in [6.07, 6.45) is 5.60. The number of nitrogens with zero attached hydrogens (tertiary/aromatic N) is 1. The lowest BCUT2D eigenvalue weighted by atomic mass is 10.1. The quantitative estimate of drug-likeness (QED) is 0.435. The second-order valence-corrected chi connectivity index (χ2v) is 5.28. The predicted octanol–water partition coefficient (Wildman–Crippen LogP) is 2.47. The summed E-state index contributed by atoms with van der Waals surface area (Å²) in [5.41, 5.74) is 7.05. The molecule has 0 atom stereocenters. The molecule has 1 fully saturated rings. The maximum Gasteiger partial charge on any atom is 0.188 e. The summed E-state index contributed by atoms with van der Waals surface area (Å²) >= 11 is 0. The first-order chi connectivity index (χ1) is 9.78. The van der Waals surface area contributed by atoms with E-state index in [0.29, 0.717) is 12.0 Å². The van der Waals surface area contributed by atoms with E-state index in [0.717, 1.165) is 38.2 Å². The first-order valence-corrected chi connectivity index (χ1v) is 7.56. The van der Waals surface area contributed by atoms with Crippen LogP contribution < -0.4 is 15.8 Å². The topological polar surface area (TPSA) is 59.6 Å². The van der Waals surface area contributed by atoms with Gasteiger partial charge in [-0.3, -0.25) is 4.99 Å². The number of guanidine groups is 1. The molecule has 0 bridgehead atoms. The summed E-state index contributed by atoms with van der Waals surface area (Å²) in [6.45, 7) is 3.68. The molecule has 110 valence electrons. The Kier molecular flexibility index (Phi) is 5.71.